The van der Waals surface area contributed by atoms with Gasteiger partial charge in [-0.2, -0.15) is 9.84 Å². The summed E-state index contributed by atoms with van der Waals surface area (Å²) in [5.74, 6) is 0.432. The molecule has 0 saturated heterocycles. The maximum Gasteiger partial charge on any atom is 0.292 e. The highest BCUT2D eigenvalue weighted by atomic mass is 32.1. The van der Waals surface area contributed by atoms with E-state index in [9.17, 15) is 10.4 Å². The molecule has 1 aromatic heterocycles. The van der Waals surface area contributed by atoms with Crippen molar-refractivity contribution in [1.82, 2.24) is 10.5 Å². The molecule has 0 amide bonds. The number of furan rings is 1. The zero-order valence-electron chi connectivity index (χ0n) is 14.4. The first-order valence-electron chi connectivity index (χ1n) is 8.32. The van der Waals surface area contributed by atoms with E-state index in [0.717, 1.165) is 29.1 Å². The van der Waals surface area contributed by atoms with Gasteiger partial charge in [0.2, 0.25) is 0 Å². The molecule has 1 unspecified atom stereocenters. The number of hydrogen-bond donors (Lipinski definition) is 3. The predicted molar refractivity (Wildman–Crippen MR) is 97.3 cm³/mol. The van der Waals surface area contributed by atoms with Gasteiger partial charge in [-0.15, -0.1) is 5.06 Å². The molecule has 1 spiro atoms. The molecular formula is C16H23N5O3S. The van der Waals surface area contributed by atoms with E-state index in [1.54, 1.807) is 26.0 Å². The van der Waals surface area contributed by atoms with Gasteiger partial charge in [-0.05, 0) is 57.5 Å². The quantitative estimate of drug-likeness (QED) is 0.317. The van der Waals surface area contributed by atoms with Crippen molar-refractivity contribution in [1.29, 1.82) is 0 Å². The van der Waals surface area contributed by atoms with E-state index in [4.69, 9.17) is 22.4 Å². The first-order chi connectivity index (χ1) is 11.8. The van der Waals surface area contributed by atoms with E-state index in [0.29, 0.717) is 30.0 Å². The van der Waals surface area contributed by atoms with E-state index < -0.39 is 11.2 Å². The van der Waals surface area contributed by atoms with Crippen LogP contribution < -0.4 is 11.2 Å². The lowest BCUT2D eigenvalue weighted by atomic mass is 9.94. The van der Waals surface area contributed by atoms with Gasteiger partial charge in [0.1, 0.15) is 11.3 Å². The van der Waals surface area contributed by atoms with E-state index >= 15 is 0 Å². The molecule has 136 valence electrons. The lowest BCUT2D eigenvalue weighted by molar-refractivity contribution is -0.567. The topological polar surface area (TPSA) is 113 Å². The molecule has 1 aromatic rings. The van der Waals surface area contributed by atoms with Crippen molar-refractivity contribution in [2.24, 2.45) is 10.8 Å². The Morgan fingerprint density at radius 3 is 2.88 bits per heavy atom. The van der Waals surface area contributed by atoms with Crippen LogP contribution in [0.1, 0.15) is 51.7 Å². The van der Waals surface area contributed by atoms with Gasteiger partial charge in [0.25, 0.3) is 11.4 Å². The second-order valence-electron chi connectivity index (χ2n) is 6.90. The van der Waals surface area contributed by atoms with Gasteiger partial charge in [0, 0.05) is 6.42 Å². The van der Waals surface area contributed by atoms with Crippen molar-refractivity contribution in [3.63, 3.8) is 0 Å². The molecule has 1 aliphatic heterocycles. The monoisotopic (exact) mass is 365 g/mol. The Bertz CT molecular complexity index is 728. The molecule has 1 saturated carbocycles. The lowest BCUT2D eigenvalue weighted by Gasteiger charge is -2.35. The van der Waals surface area contributed by atoms with E-state index in [2.05, 4.69) is 10.5 Å². The van der Waals surface area contributed by atoms with Crippen molar-refractivity contribution in [3.8, 4) is 0 Å². The normalized spacial score (nSPS) is 28.5. The number of thiocarbonyl (C=S) groups is 1. The number of nitrogens with two attached hydrogens (primary N) is 1. The fourth-order valence-electron chi connectivity index (χ4n) is 3.80. The minimum Gasteiger partial charge on any atom is -0.622 e. The average Bonchev–Trinajstić information content (AvgIpc) is 3.02. The Morgan fingerprint density at radius 2 is 2.24 bits per heavy atom. The minimum absolute atomic E-state index is 0.0151. The van der Waals surface area contributed by atoms with Gasteiger partial charge < -0.3 is 20.6 Å². The SMILES string of the molecule is CC1(C)C(c2ccco2)=[N+]([O-])C2(CCCCC/C2=N\NC(N)=S)N1O. The predicted octanol–water partition coefficient (Wildman–Crippen LogP) is 1.91. The molecule has 2 heterocycles. The smallest absolute Gasteiger partial charge is 0.292 e. The van der Waals surface area contributed by atoms with Crippen LogP contribution in [0.25, 0.3) is 0 Å². The number of nitrogens with one attached hydrogen (secondary N) is 1. The molecule has 25 heavy (non-hydrogen) atoms. The van der Waals surface area contributed by atoms with Crippen molar-refractivity contribution in [2.75, 3.05) is 0 Å². The molecule has 0 bridgehead atoms. The van der Waals surface area contributed by atoms with Crippen molar-refractivity contribution in [3.05, 3.63) is 29.4 Å². The first-order valence-corrected chi connectivity index (χ1v) is 8.73. The summed E-state index contributed by atoms with van der Waals surface area (Å²) in [6, 6.07) is 3.44. The van der Waals surface area contributed by atoms with Gasteiger partial charge in [0.05, 0.1) is 6.26 Å². The molecule has 2 aliphatic rings. The zero-order chi connectivity index (χ0) is 18.2. The number of hydrazone groups is 1. The molecule has 8 nitrogen and oxygen atoms in total. The third-order valence-corrected chi connectivity index (χ3v) is 5.05. The lowest BCUT2D eigenvalue weighted by Crippen LogP contribution is -2.59. The summed E-state index contributed by atoms with van der Waals surface area (Å²) in [5, 5.41) is 29.9. The summed E-state index contributed by atoms with van der Waals surface area (Å²) in [6.45, 7) is 3.57. The van der Waals surface area contributed by atoms with Crippen LogP contribution in [0.2, 0.25) is 0 Å². The maximum absolute atomic E-state index is 13.5. The van der Waals surface area contributed by atoms with Crippen molar-refractivity contribution < 1.29 is 14.4 Å². The van der Waals surface area contributed by atoms with Crippen molar-refractivity contribution >= 4 is 28.8 Å². The van der Waals surface area contributed by atoms with Gasteiger partial charge in [-0.1, -0.05) is 6.42 Å². The summed E-state index contributed by atoms with van der Waals surface area (Å²) in [4.78, 5) is 0. The second-order valence-corrected chi connectivity index (χ2v) is 7.34. The molecule has 1 fully saturated rings. The van der Waals surface area contributed by atoms with Gasteiger partial charge in [0.15, 0.2) is 10.9 Å². The molecule has 9 heteroatoms. The second kappa shape index (κ2) is 6.40. The fourth-order valence-corrected chi connectivity index (χ4v) is 3.84. The van der Waals surface area contributed by atoms with Crippen LogP contribution in [-0.4, -0.2) is 42.7 Å². The number of nitrogens with zero attached hydrogens (tertiary/aromatic N) is 3. The Morgan fingerprint density at radius 1 is 1.48 bits per heavy atom. The molecule has 0 radical (unpaired) electrons. The summed E-state index contributed by atoms with van der Waals surface area (Å²) in [5.41, 5.74) is 6.69. The van der Waals surface area contributed by atoms with Crippen molar-refractivity contribution in [2.45, 2.75) is 57.2 Å². The van der Waals surface area contributed by atoms with Crippen LogP contribution in [0.5, 0.6) is 0 Å². The van der Waals surface area contributed by atoms with Gasteiger partial charge >= 0.3 is 0 Å². The third-order valence-electron chi connectivity index (χ3n) is 4.96. The minimum atomic E-state index is -1.31. The standard InChI is InChI=1S/C16H23N5O3S/c1-15(2)13(11-7-6-10-24-11)20(22)16(21(15)23)9-5-3-4-8-12(16)18-19-14(17)25/h6-7,10,23H,3-5,8-9H2,1-2H3,(H3,17,19,25)/b18-12+. The molecule has 1 aliphatic carbocycles. The van der Waals surface area contributed by atoms with Gasteiger partial charge in [-0.25, -0.2) is 0 Å². The van der Waals surface area contributed by atoms with Crippen LogP contribution >= 0.6 is 12.2 Å². The van der Waals surface area contributed by atoms with E-state index in [1.165, 1.54) is 6.26 Å². The zero-order valence-corrected chi connectivity index (χ0v) is 15.2. The number of rotatable bonds is 2. The Hall–Kier alpha value is -1.97. The van der Waals surface area contributed by atoms with Crippen LogP contribution in [0.4, 0.5) is 0 Å². The fraction of sp³-hybridized carbons (Fsp3) is 0.562. The Balaban J connectivity index is 2.19. The van der Waals surface area contributed by atoms with E-state index in [1.807, 2.05) is 0 Å². The Labute approximate surface area is 151 Å². The maximum atomic E-state index is 13.5. The summed E-state index contributed by atoms with van der Waals surface area (Å²) in [6.07, 6.45) is 5.13. The van der Waals surface area contributed by atoms with Crippen LogP contribution in [0, 0.1) is 5.21 Å². The molecule has 1 atom stereocenters. The summed E-state index contributed by atoms with van der Waals surface area (Å²) >= 11 is 4.82. The van der Waals surface area contributed by atoms with E-state index in [-0.39, 0.29) is 5.11 Å². The van der Waals surface area contributed by atoms with Crippen LogP contribution in [0.3, 0.4) is 0 Å². The summed E-state index contributed by atoms with van der Waals surface area (Å²) < 4.78 is 6.30. The third kappa shape index (κ3) is 2.72. The van der Waals surface area contributed by atoms with Gasteiger partial charge in [-0.3, -0.25) is 5.43 Å². The first kappa shape index (κ1) is 17.8. The highest BCUT2D eigenvalue weighted by Gasteiger charge is 2.65. The molecule has 3 rings (SSSR count). The average molecular weight is 365 g/mol. The number of hydrogen-bond acceptors (Lipinski definition) is 6. The highest BCUT2D eigenvalue weighted by molar-refractivity contribution is 7.80. The Kier molecular flexibility index (Phi) is 4.56. The summed E-state index contributed by atoms with van der Waals surface area (Å²) in [7, 11) is 0. The molecule has 4 N–H and O–H groups in total. The number of hydroxylamine groups is 3. The van der Waals surface area contributed by atoms with Crippen LogP contribution in [-0.2, 0) is 0 Å². The molecule has 0 aromatic carbocycles. The van der Waals surface area contributed by atoms with Crippen LogP contribution in [0.15, 0.2) is 27.9 Å². The highest BCUT2D eigenvalue weighted by Crippen LogP contribution is 2.41. The largest absolute Gasteiger partial charge is 0.622 e. The molecular weight excluding hydrogens is 342 g/mol.